The van der Waals surface area contributed by atoms with Crippen LogP contribution in [0.4, 0.5) is 4.39 Å². The van der Waals surface area contributed by atoms with Gasteiger partial charge in [0.25, 0.3) is 0 Å². The number of halogens is 2. The van der Waals surface area contributed by atoms with Gasteiger partial charge in [-0.05, 0) is 42.7 Å². The van der Waals surface area contributed by atoms with Crippen LogP contribution in [-0.4, -0.2) is 6.61 Å². The van der Waals surface area contributed by atoms with Gasteiger partial charge in [0.15, 0.2) is 11.6 Å². The lowest BCUT2D eigenvalue weighted by molar-refractivity contribution is 0.297. The predicted octanol–water partition coefficient (Wildman–Crippen LogP) is 6.43. The van der Waals surface area contributed by atoms with Gasteiger partial charge in [-0.2, -0.15) is 0 Å². The molecule has 0 N–H and O–H groups in total. The molecule has 3 aromatic rings. The Hall–Kier alpha value is -2.52. The molecule has 0 heterocycles. The Morgan fingerprint density at radius 1 is 0.808 bits per heavy atom. The lowest BCUT2D eigenvalue weighted by atomic mass is 10.0. The Morgan fingerprint density at radius 2 is 1.38 bits per heavy atom. The number of benzene rings is 3. The Bertz CT molecular complexity index is 874. The molecule has 0 amide bonds. The van der Waals surface area contributed by atoms with Crippen LogP contribution < -0.4 is 9.47 Å². The average molecular weight is 371 g/mol. The number of ether oxygens (including phenoxy) is 2. The molecule has 26 heavy (non-hydrogen) atoms. The third-order valence-electron chi connectivity index (χ3n) is 4.04. The first-order chi connectivity index (χ1) is 12.6. The number of aryl methyl sites for hydroxylation is 1. The number of hydrogen-bond donors (Lipinski definition) is 0. The topological polar surface area (TPSA) is 18.5 Å². The van der Waals surface area contributed by atoms with Gasteiger partial charge in [0.2, 0.25) is 0 Å². The van der Waals surface area contributed by atoms with Gasteiger partial charge in [0.1, 0.15) is 17.4 Å². The van der Waals surface area contributed by atoms with Crippen LogP contribution >= 0.6 is 11.6 Å². The van der Waals surface area contributed by atoms with Crippen molar-refractivity contribution in [1.29, 1.82) is 0 Å². The maximum atomic E-state index is 14.1. The normalized spacial score (nSPS) is 10.6. The van der Waals surface area contributed by atoms with Crippen molar-refractivity contribution < 1.29 is 13.9 Å². The van der Waals surface area contributed by atoms with Gasteiger partial charge in [0.05, 0.1) is 6.61 Å². The molecule has 0 unspecified atom stereocenters. The van der Waals surface area contributed by atoms with Crippen molar-refractivity contribution in [2.24, 2.45) is 0 Å². The Balaban J connectivity index is 1.68. The van der Waals surface area contributed by atoms with E-state index in [4.69, 9.17) is 21.1 Å². The summed E-state index contributed by atoms with van der Waals surface area (Å²) in [6.07, 6.45) is 0. The van der Waals surface area contributed by atoms with Gasteiger partial charge >= 0.3 is 0 Å². The highest BCUT2D eigenvalue weighted by atomic mass is 35.5. The first-order valence-electron chi connectivity index (χ1n) is 8.48. The second kappa shape index (κ2) is 8.24. The summed E-state index contributed by atoms with van der Waals surface area (Å²) in [5, 5.41) is -0.0628. The minimum absolute atomic E-state index is 0.0628. The highest BCUT2D eigenvalue weighted by Gasteiger charge is 2.13. The van der Waals surface area contributed by atoms with Gasteiger partial charge < -0.3 is 9.47 Å². The molecular weight excluding hydrogens is 351 g/mol. The SMILES string of the molecule is CCOc1ccc(OCc2ccc(-c3ccc(C)cc3)cc2)c(Cl)c1F. The summed E-state index contributed by atoms with van der Waals surface area (Å²) in [4.78, 5) is 0. The third-order valence-corrected chi connectivity index (χ3v) is 4.40. The van der Waals surface area contributed by atoms with E-state index < -0.39 is 5.82 Å². The number of hydrogen-bond acceptors (Lipinski definition) is 2. The van der Waals surface area contributed by atoms with Crippen LogP contribution in [0.2, 0.25) is 5.02 Å². The minimum Gasteiger partial charge on any atom is -0.491 e. The van der Waals surface area contributed by atoms with Crippen molar-refractivity contribution in [2.75, 3.05) is 6.61 Å². The van der Waals surface area contributed by atoms with E-state index in [2.05, 4.69) is 31.2 Å². The molecule has 0 aliphatic carbocycles. The first-order valence-corrected chi connectivity index (χ1v) is 8.86. The summed E-state index contributed by atoms with van der Waals surface area (Å²) < 4.78 is 25.0. The van der Waals surface area contributed by atoms with Crippen molar-refractivity contribution >= 4 is 11.6 Å². The maximum Gasteiger partial charge on any atom is 0.187 e. The molecule has 0 aliphatic rings. The smallest absolute Gasteiger partial charge is 0.187 e. The van der Waals surface area contributed by atoms with Crippen LogP contribution in [0.3, 0.4) is 0 Å². The molecule has 2 nitrogen and oxygen atoms in total. The van der Waals surface area contributed by atoms with Crippen molar-refractivity contribution in [2.45, 2.75) is 20.5 Å². The molecule has 0 atom stereocenters. The molecule has 0 fully saturated rings. The fourth-order valence-electron chi connectivity index (χ4n) is 2.59. The van der Waals surface area contributed by atoms with E-state index >= 15 is 0 Å². The zero-order valence-corrected chi connectivity index (χ0v) is 15.5. The molecule has 3 rings (SSSR count). The first kappa shape index (κ1) is 18.3. The van der Waals surface area contributed by atoms with E-state index in [1.165, 1.54) is 17.2 Å². The molecule has 3 aromatic carbocycles. The second-order valence-electron chi connectivity index (χ2n) is 5.97. The van der Waals surface area contributed by atoms with E-state index in [-0.39, 0.29) is 10.8 Å². The predicted molar refractivity (Wildman–Crippen MR) is 104 cm³/mol. The summed E-state index contributed by atoms with van der Waals surface area (Å²) in [7, 11) is 0. The largest absolute Gasteiger partial charge is 0.491 e. The quantitative estimate of drug-likeness (QED) is 0.497. The molecule has 0 aliphatic heterocycles. The van der Waals surface area contributed by atoms with Gasteiger partial charge in [-0.3, -0.25) is 0 Å². The summed E-state index contributed by atoms with van der Waals surface area (Å²) in [5.74, 6) is -0.164. The van der Waals surface area contributed by atoms with Crippen LogP contribution in [0.25, 0.3) is 11.1 Å². The van der Waals surface area contributed by atoms with Crippen LogP contribution in [0.15, 0.2) is 60.7 Å². The van der Waals surface area contributed by atoms with E-state index in [1.54, 1.807) is 13.0 Å². The van der Waals surface area contributed by atoms with Crippen molar-refractivity contribution in [3.8, 4) is 22.6 Å². The maximum absolute atomic E-state index is 14.1. The fraction of sp³-hybridized carbons (Fsp3) is 0.182. The summed E-state index contributed by atoms with van der Waals surface area (Å²) in [6.45, 7) is 4.54. The Labute approximate surface area is 158 Å². The lowest BCUT2D eigenvalue weighted by Gasteiger charge is -2.12. The standard InChI is InChI=1S/C22H20ClFO2/c1-3-25-20-13-12-19(21(23)22(20)24)26-14-16-6-10-18(11-7-16)17-8-4-15(2)5-9-17/h4-13H,3,14H2,1-2H3. The van der Waals surface area contributed by atoms with E-state index in [0.717, 1.165) is 11.1 Å². The molecule has 0 saturated carbocycles. The van der Waals surface area contributed by atoms with Crippen molar-refractivity contribution in [1.82, 2.24) is 0 Å². The molecule has 0 saturated heterocycles. The molecular formula is C22H20ClFO2. The highest BCUT2D eigenvalue weighted by molar-refractivity contribution is 6.32. The average Bonchev–Trinajstić information content (AvgIpc) is 2.66. The lowest BCUT2D eigenvalue weighted by Crippen LogP contribution is -1.99. The Morgan fingerprint density at radius 3 is 2.00 bits per heavy atom. The summed E-state index contributed by atoms with van der Waals surface area (Å²) in [5.41, 5.74) is 4.52. The van der Waals surface area contributed by atoms with E-state index in [1.807, 2.05) is 24.3 Å². The number of rotatable bonds is 6. The van der Waals surface area contributed by atoms with Gasteiger partial charge in [-0.25, -0.2) is 4.39 Å². The fourth-order valence-corrected chi connectivity index (χ4v) is 2.80. The molecule has 134 valence electrons. The van der Waals surface area contributed by atoms with E-state index in [0.29, 0.717) is 19.0 Å². The van der Waals surface area contributed by atoms with Gasteiger partial charge in [-0.1, -0.05) is 65.7 Å². The highest BCUT2D eigenvalue weighted by Crippen LogP contribution is 2.34. The van der Waals surface area contributed by atoms with Crippen molar-refractivity contribution in [3.63, 3.8) is 0 Å². The van der Waals surface area contributed by atoms with Crippen molar-refractivity contribution in [3.05, 3.63) is 82.6 Å². The van der Waals surface area contributed by atoms with Gasteiger partial charge in [-0.15, -0.1) is 0 Å². The molecule has 0 spiro atoms. The minimum atomic E-state index is -0.597. The zero-order chi connectivity index (χ0) is 18.5. The zero-order valence-electron chi connectivity index (χ0n) is 14.8. The molecule has 4 heteroatoms. The molecule has 0 radical (unpaired) electrons. The Kier molecular flexibility index (Phi) is 5.79. The third kappa shape index (κ3) is 4.17. The molecule has 0 bridgehead atoms. The second-order valence-corrected chi connectivity index (χ2v) is 6.35. The van der Waals surface area contributed by atoms with Crippen LogP contribution in [0, 0.1) is 12.7 Å². The summed E-state index contributed by atoms with van der Waals surface area (Å²) in [6, 6.07) is 19.6. The summed E-state index contributed by atoms with van der Waals surface area (Å²) >= 11 is 6.04. The van der Waals surface area contributed by atoms with E-state index in [9.17, 15) is 4.39 Å². The molecule has 0 aromatic heterocycles. The van der Waals surface area contributed by atoms with Gasteiger partial charge in [0, 0.05) is 0 Å². The van der Waals surface area contributed by atoms with Crippen LogP contribution in [0.1, 0.15) is 18.1 Å². The van der Waals surface area contributed by atoms with Crippen LogP contribution in [-0.2, 0) is 6.61 Å². The van der Waals surface area contributed by atoms with Crippen LogP contribution in [0.5, 0.6) is 11.5 Å². The monoisotopic (exact) mass is 370 g/mol.